The van der Waals surface area contributed by atoms with Gasteiger partial charge in [-0.05, 0) is 42.6 Å². The summed E-state index contributed by atoms with van der Waals surface area (Å²) in [5.41, 5.74) is 3.84. The molecule has 1 aromatic carbocycles. The van der Waals surface area contributed by atoms with Crippen LogP contribution in [0.1, 0.15) is 50.9 Å². The number of hydrogen-bond acceptors (Lipinski definition) is 3. The molecule has 26 heavy (non-hydrogen) atoms. The van der Waals surface area contributed by atoms with E-state index in [9.17, 15) is 5.26 Å². The van der Waals surface area contributed by atoms with Crippen molar-refractivity contribution < 1.29 is 4.43 Å². The highest BCUT2D eigenvalue weighted by atomic mass is 28.4. The molecule has 2 heterocycles. The number of benzene rings is 1. The third-order valence-corrected chi connectivity index (χ3v) is 10.6. The van der Waals surface area contributed by atoms with E-state index in [1.54, 1.807) is 0 Å². The molecule has 2 N–H and O–H groups in total. The van der Waals surface area contributed by atoms with Crippen molar-refractivity contribution >= 4 is 19.2 Å². The highest BCUT2D eigenvalue weighted by Gasteiger charge is 2.37. The van der Waals surface area contributed by atoms with Gasteiger partial charge in [0, 0.05) is 35.3 Å². The molecule has 1 aromatic heterocycles. The Hall–Kier alpha value is -1.61. The molecule has 0 bridgehead atoms. The van der Waals surface area contributed by atoms with Crippen LogP contribution in [0.15, 0.2) is 24.3 Å². The molecule has 0 aliphatic carbocycles. The Bertz CT molecular complexity index is 813. The van der Waals surface area contributed by atoms with E-state index in [1.165, 1.54) is 22.2 Å². The van der Waals surface area contributed by atoms with Gasteiger partial charge in [0.05, 0.1) is 12.5 Å². The van der Waals surface area contributed by atoms with Crippen molar-refractivity contribution in [1.29, 1.82) is 5.26 Å². The molecule has 0 radical (unpaired) electrons. The minimum Gasteiger partial charge on any atom is -0.417 e. The van der Waals surface area contributed by atoms with Gasteiger partial charge in [-0.1, -0.05) is 39.0 Å². The second-order valence-corrected chi connectivity index (χ2v) is 13.8. The van der Waals surface area contributed by atoms with E-state index in [1.807, 2.05) is 0 Å². The maximum atomic E-state index is 9.17. The van der Waals surface area contributed by atoms with E-state index in [0.717, 1.165) is 19.4 Å². The van der Waals surface area contributed by atoms with Crippen LogP contribution in [0.25, 0.3) is 10.9 Å². The number of rotatable bonds is 5. The van der Waals surface area contributed by atoms with E-state index in [0.29, 0.717) is 6.42 Å². The van der Waals surface area contributed by atoms with Crippen LogP contribution >= 0.6 is 0 Å². The molecule has 0 saturated carbocycles. The van der Waals surface area contributed by atoms with E-state index < -0.39 is 8.32 Å². The second-order valence-electron chi connectivity index (χ2n) is 8.94. The number of nitriles is 1. The number of hydrogen-bond donors (Lipinski definition) is 2. The standard InChI is InChI=1S/C21H31N3OSi/c1-21(2,3)26(4,5)25-13-11-19-20-17(14-15(23-19)10-12-22)16-8-6-7-9-18(16)24-20/h6-9,15,19,23-24H,10-11,13-14H2,1-5H3/t15-,19+/m1/s1. The number of nitrogens with zero attached hydrogens (tertiary/aromatic N) is 1. The van der Waals surface area contributed by atoms with E-state index in [2.05, 4.69) is 74.5 Å². The predicted molar refractivity (Wildman–Crippen MR) is 110 cm³/mol. The highest BCUT2D eigenvalue weighted by molar-refractivity contribution is 6.74. The van der Waals surface area contributed by atoms with Crippen LogP contribution in [-0.2, 0) is 10.8 Å². The molecule has 4 nitrogen and oxygen atoms in total. The molecule has 3 rings (SSSR count). The lowest BCUT2D eigenvalue weighted by atomic mass is 9.91. The first kappa shape index (κ1) is 19.2. The fraction of sp³-hybridized carbons (Fsp3) is 0.571. The lowest BCUT2D eigenvalue weighted by molar-refractivity contribution is 0.251. The topological polar surface area (TPSA) is 60.8 Å². The lowest BCUT2D eigenvalue weighted by Crippen LogP contribution is -2.43. The summed E-state index contributed by atoms with van der Waals surface area (Å²) in [6, 6.07) is 11.2. The van der Waals surface area contributed by atoms with Crippen LogP contribution in [0.4, 0.5) is 0 Å². The van der Waals surface area contributed by atoms with Crippen molar-refractivity contribution in [2.45, 2.75) is 70.2 Å². The summed E-state index contributed by atoms with van der Waals surface area (Å²) in [6.07, 6.45) is 2.37. The molecule has 2 aromatic rings. The summed E-state index contributed by atoms with van der Waals surface area (Å²) < 4.78 is 6.40. The van der Waals surface area contributed by atoms with Gasteiger partial charge in [-0.2, -0.15) is 5.26 Å². The van der Waals surface area contributed by atoms with Gasteiger partial charge < -0.3 is 14.7 Å². The maximum absolute atomic E-state index is 9.17. The third-order valence-electron chi connectivity index (χ3n) is 6.10. The van der Waals surface area contributed by atoms with Gasteiger partial charge in [-0.3, -0.25) is 0 Å². The Morgan fingerprint density at radius 2 is 2.00 bits per heavy atom. The number of para-hydroxylation sites is 1. The van der Waals surface area contributed by atoms with Crippen molar-refractivity contribution in [3.05, 3.63) is 35.5 Å². The van der Waals surface area contributed by atoms with Crippen LogP contribution in [-0.4, -0.2) is 26.0 Å². The normalized spacial score (nSPS) is 20.8. The molecule has 1 aliphatic heterocycles. The predicted octanol–water partition coefficient (Wildman–Crippen LogP) is 5.05. The first-order valence-corrected chi connectivity index (χ1v) is 12.5. The van der Waals surface area contributed by atoms with E-state index >= 15 is 0 Å². The molecule has 2 atom stereocenters. The van der Waals surface area contributed by atoms with Gasteiger partial charge in [0.15, 0.2) is 8.32 Å². The molecule has 0 amide bonds. The van der Waals surface area contributed by atoms with Crippen molar-refractivity contribution in [2.75, 3.05) is 6.61 Å². The third kappa shape index (κ3) is 3.73. The average molecular weight is 370 g/mol. The Labute approximate surface area is 158 Å². The first-order valence-electron chi connectivity index (χ1n) is 9.59. The van der Waals surface area contributed by atoms with Gasteiger partial charge in [-0.25, -0.2) is 0 Å². The summed E-state index contributed by atoms with van der Waals surface area (Å²) in [7, 11) is -1.74. The zero-order chi connectivity index (χ0) is 18.9. The minimum atomic E-state index is -1.74. The zero-order valence-corrected chi connectivity index (χ0v) is 17.6. The van der Waals surface area contributed by atoms with Gasteiger partial charge in [-0.15, -0.1) is 0 Å². The Morgan fingerprint density at radius 3 is 2.69 bits per heavy atom. The fourth-order valence-electron chi connectivity index (χ4n) is 3.53. The summed E-state index contributed by atoms with van der Waals surface area (Å²) in [4.78, 5) is 3.62. The first-order chi connectivity index (χ1) is 12.2. The number of H-pyrrole nitrogens is 1. The molecular formula is C21H31N3OSi. The van der Waals surface area contributed by atoms with Crippen molar-refractivity contribution in [2.24, 2.45) is 0 Å². The fourth-order valence-corrected chi connectivity index (χ4v) is 4.59. The largest absolute Gasteiger partial charge is 0.417 e. The number of fused-ring (bicyclic) bond motifs is 3. The van der Waals surface area contributed by atoms with Crippen molar-refractivity contribution in [1.82, 2.24) is 10.3 Å². The molecule has 0 saturated heterocycles. The molecule has 5 heteroatoms. The lowest BCUT2D eigenvalue weighted by Gasteiger charge is -2.37. The number of aromatic amines is 1. The molecule has 140 valence electrons. The number of nitrogens with one attached hydrogen (secondary N) is 2. The SMILES string of the molecule is CC(C)(C)[Si](C)(C)OCC[C@@H]1N[C@H](CC#N)Cc2c1[nH]c1ccccc21. The van der Waals surface area contributed by atoms with Crippen molar-refractivity contribution in [3.8, 4) is 6.07 Å². The van der Waals surface area contributed by atoms with Crippen LogP contribution in [0.2, 0.25) is 18.1 Å². The zero-order valence-electron chi connectivity index (χ0n) is 16.6. The summed E-state index contributed by atoms with van der Waals surface area (Å²) in [6.45, 7) is 12.2. The molecule has 0 unspecified atom stereocenters. The van der Waals surface area contributed by atoms with Gasteiger partial charge in [0.25, 0.3) is 0 Å². The van der Waals surface area contributed by atoms with Gasteiger partial charge >= 0.3 is 0 Å². The van der Waals surface area contributed by atoms with Crippen LogP contribution in [0.3, 0.4) is 0 Å². The quantitative estimate of drug-likeness (QED) is 0.725. The Balaban J connectivity index is 1.80. The van der Waals surface area contributed by atoms with Crippen LogP contribution in [0.5, 0.6) is 0 Å². The van der Waals surface area contributed by atoms with Crippen LogP contribution in [0, 0.1) is 11.3 Å². The molecule has 1 aliphatic rings. The van der Waals surface area contributed by atoms with Crippen molar-refractivity contribution in [3.63, 3.8) is 0 Å². The minimum absolute atomic E-state index is 0.213. The second kappa shape index (κ2) is 7.19. The van der Waals surface area contributed by atoms with Gasteiger partial charge in [0.1, 0.15) is 0 Å². The van der Waals surface area contributed by atoms with E-state index in [4.69, 9.17) is 4.43 Å². The smallest absolute Gasteiger partial charge is 0.191 e. The highest BCUT2D eigenvalue weighted by Crippen LogP contribution is 2.38. The maximum Gasteiger partial charge on any atom is 0.191 e. The average Bonchev–Trinajstić information content (AvgIpc) is 2.93. The molecule has 0 spiro atoms. The molecular weight excluding hydrogens is 338 g/mol. The summed E-state index contributed by atoms with van der Waals surface area (Å²) in [5, 5.41) is 14.4. The number of aromatic nitrogens is 1. The van der Waals surface area contributed by atoms with Gasteiger partial charge in [0.2, 0.25) is 0 Å². The van der Waals surface area contributed by atoms with E-state index in [-0.39, 0.29) is 17.1 Å². The summed E-state index contributed by atoms with van der Waals surface area (Å²) >= 11 is 0. The monoisotopic (exact) mass is 369 g/mol. The summed E-state index contributed by atoms with van der Waals surface area (Å²) in [5.74, 6) is 0. The van der Waals surface area contributed by atoms with Crippen LogP contribution < -0.4 is 5.32 Å². The molecule has 0 fully saturated rings. The Kier molecular flexibility index (Phi) is 5.29. The Morgan fingerprint density at radius 1 is 1.27 bits per heavy atom.